The summed E-state index contributed by atoms with van der Waals surface area (Å²) < 4.78 is 0. The maximum atomic E-state index is 11.2. The fraction of sp³-hybridized carbons (Fsp3) is 0.556. The minimum absolute atomic E-state index is 0.0284. The van der Waals surface area contributed by atoms with Gasteiger partial charge in [-0.05, 0) is 0 Å². The van der Waals surface area contributed by atoms with Crippen LogP contribution in [0.1, 0.15) is 6.42 Å². The van der Waals surface area contributed by atoms with E-state index >= 15 is 0 Å². The Hall–Kier alpha value is -1.36. The van der Waals surface area contributed by atoms with E-state index in [1.807, 2.05) is 4.90 Å². The Bertz CT molecular complexity index is 250. The van der Waals surface area contributed by atoms with Gasteiger partial charge in [-0.3, -0.25) is 14.5 Å². The second-order valence-electron chi connectivity index (χ2n) is 3.35. The zero-order chi connectivity index (χ0) is 10.6. The molecule has 5 nitrogen and oxygen atoms in total. The molecule has 0 spiro atoms. The predicted octanol–water partition coefficient (Wildman–Crippen LogP) is -0.552. The minimum Gasteiger partial charge on any atom is -0.481 e. The van der Waals surface area contributed by atoms with E-state index in [1.54, 1.807) is 6.08 Å². The van der Waals surface area contributed by atoms with E-state index in [4.69, 9.17) is 5.11 Å². The Kier molecular flexibility index (Phi) is 3.64. The van der Waals surface area contributed by atoms with E-state index in [2.05, 4.69) is 11.9 Å². The Labute approximate surface area is 82.4 Å². The molecule has 5 heteroatoms. The second kappa shape index (κ2) is 4.76. The van der Waals surface area contributed by atoms with E-state index in [0.717, 1.165) is 0 Å². The standard InChI is InChI=1S/C9H14N2O3/c1-2-3-11-5-7(4-9(13)14)10-8(12)6-11/h2,7H,1,3-6H2,(H,10,12)(H,13,14). The third kappa shape index (κ3) is 3.18. The maximum Gasteiger partial charge on any atom is 0.305 e. The first-order chi connectivity index (χ1) is 6.61. The summed E-state index contributed by atoms with van der Waals surface area (Å²) in [6.07, 6.45) is 1.68. The van der Waals surface area contributed by atoms with E-state index in [-0.39, 0.29) is 18.4 Å². The number of amides is 1. The smallest absolute Gasteiger partial charge is 0.305 e. The van der Waals surface area contributed by atoms with Gasteiger partial charge >= 0.3 is 5.97 Å². The van der Waals surface area contributed by atoms with Crippen LogP contribution in [0.5, 0.6) is 0 Å². The van der Waals surface area contributed by atoms with Crippen LogP contribution in [0.25, 0.3) is 0 Å². The van der Waals surface area contributed by atoms with Gasteiger partial charge in [-0.2, -0.15) is 0 Å². The van der Waals surface area contributed by atoms with Crippen LogP contribution in [0.3, 0.4) is 0 Å². The zero-order valence-electron chi connectivity index (χ0n) is 7.90. The Morgan fingerprint density at radius 3 is 3.07 bits per heavy atom. The molecule has 1 fully saturated rings. The number of carbonyl (C=O) groups excluding carboxylic acids is 1. The average Bonchev–Trinajstić information content (AvgIpc) is 2.01. The predicted molar refractivity (Wildman–Crippen MR) is 50.8 cm³/mol. The molecule has 0 saturated carbocycles. The summed E-state index contributed by atoms with van der Waals surface area (Å²) in [6.45, 7) is 5.09. The zero-order valence-corrected chi connectivity index (χ0v) is 7.90. The lowest BCUT2D eigenvalue weighted by atomic mass is 10.1. The van der Waals surface area contributed by atoms with Gasteiger partial charge < -0.3 is 10.4 Å². The SMILES string of the molecule is C=CCN1CC(=O)NC(CC(=O)O)C1. The number of aliphatic carboxylic acids is 1. The van der Waals surface area contributed by atoms with Gasteiger partial charge in [0.05, 0.1) is 19.0 Å². The maximum absolute atomic E-state index is 11.2. The van der Waals surface area contributed by atoms with Crippen molar-refractivity contribution in [2.75, 3.05) is 19.6 Å². The molecule has 0 aromatic heterocycles. The van der Waals surface area contributed by atoms with Crippen molar-refractivity contribution in [3.05, 3.63) is 12.7 Å². The van der Waals surface area contributed by atoms with Crippen molar-refractivity contribution < 1.29 is 14.7 Å². The van der Waals surface area contributed by atoms with E-state index in [9.17, 15) is 9.59 Å². The molecule has 0 aromatic carbocycles. The van der Waals surface area contributed by atoms with Crippen LogP contribution in [0.2, 0.25) is 0 Å². The van der Waals surface area contributed by atoms with E-state index < -0.39 is 5.97 Å². The lowest BCUT2D eigenvalue weighted by Crippen LogP contribution is -2.54. The number of carboxylic acid groups (broad SMARTS) is 1. The largest absolute Gasteiger partial charge is 0.481 e. The molecule has 0 aromatic rings. The Balaban J connectivity index is 2.48. The lowest BCUT2D eigenvalue weighted by molar-refractivity contribution is -0.138. The Morgan fingerprint density at radius 1 is 1.79 bits per heavy atom. The highest BCUT2D eigenvalue weighted by Gasteiger charge is 2.25. The van der Waals surface area contributed by atoms with Gasteiger partial charge in [-0.15, -0.1) is 6.58 Å². The number of rotatable bonds is 4. The van der Waals surface area contributed by atoms with Crippen LogP contribution in [-0.2, 0) is 9.59 Å². The molecule has 1 saturated heterocycles. The fourth-order valence-electron chi connectivity index (χ4n) is 1.55. The van der Waals surface area contributed by atoms with Gasteiger partial charge in [0.1, 0.15) is 0 Å². The summed E-state index contributed by atoms with van der Waals surface area (Å²) in [5.41, 5.74) is 0. The second-order valence-corrected chi connectivity index (χ2v) is 3.35. The number of nitrogens with zero attached hydrogens (tertiary/aromatic N) is 1. The fourth-order valence-corrected chi connectivity index (χ4v) is 1.55. The molecule has 1 aliphatic heterocycles. The van der Waals surface area contributed by atoms with Crippen LogP contribution in [0.4, 0.5) is 0 Å². The third-order valence-corrected chi connectivity index (χ3v) is 2.02. The molecule has 1 unspecified atom stereocenters. The molecule has 0 radical (unpaired) electrons. The summed E-state index contributed by atoms with van der Waals surface area (Å²) in [7, 11) is 0. The number of carbonyl (C=O) groups is 2. The summed E-state index contributed by atoms with van der Waals surface area (Å²) in [5.74, 6) is -1.01. The molecule has 1 heterocycles. The molecule has 2 N–H and O–H groups in total. The van der Waals surface area contributed by atoms with Gasteiger partial charge in [-0.25, -0.2) is 0 Å². The van der Waals surface area contributed by atoms with Crippen LogP contribution < -0.4 is 5.32 Å². The normalized spacial score (nSPS) is 22.9. The van der Waals surface area contributed by atoms with Gasteiger partial charge in [-0.1, -0.05) is 6.08 Å². The monoisotopic (exact) mass is 198 g/mol. The summed E-state index contributed by atoms with van der Waals surface area (Å²) >= 11 is 0. The summed E-state index contributed by atoms with van der Waals surface area (Å²) in [4.78, 5) is 23.5. The molecule has 78 valence electrons. The number of carboxylic acids is 1. The van der Waals surface area contributed by atoms with Crippen LogP contribution >= 0.6 is 0 Å². The third-order valence-electron chi connectivity index (χ3n) is 2.02. The topological polar surface area (TPSA) is 69.6 Å². The van der Waals surface area contributed by atoms with Crippen molar-refractivity contribution in [2.45, 2.75) is 12.5 Å². The number of hydrogen-bond acceptors (Lipinski definition) is 3. The summed E-state index contributed by atoms with van der Waals surface area (Å²) in [6, 6.07) is -0.284. The van der Waals surface area contributed by atoms with Gasteiger partial charge in [0.15, 0.2) is 0 Å². The van der Waals surface area contributed by atoms with Crippen LogP contribution in [0.15, 0.2) is 12.7 Å². The first-order valence-electron chi connectivity index (χ1n) is 4.46. The van der Waals surface area contributed by atoms with E-state index in [0.29, 0.717) is 19.6 Å². The molecule has 1 atom stereocenters. The van der Waals surface area contributed by atoms with Gasteiger partial charge in [0.25, 0.3) is 0 Å². The highest BCUT2D eigenvalue weighted by atomic mass is 16.4. The molecular weight excluding hydrogens is 184 g/mol. The van der Waals surface area contributed by atoms with Crippen LogP contribution in [-0.4, -0.2) is 47.6 Å². The molecule has 1 aliphatic rings. The quantitative estimate of drug-likeness (QED) is 0.594. The molecule has 0 bridgehead atoms. The van der Waals surface area contributed by atoms with Crippen molar-refractivity contribution >= 4 is 11.9 Å². The summed E-state index contributed by atoms with van der Waals surface area (Å²) in [5, 5.41) is 11.2. The van der Waals surface area contributed by atoms with Gasteiger partial charge in [0, 0.05) is 13.1 Å². The molecule has 14 heavy (non-hydrogen) atoms. The van der Waals surface area contributed by atoms with Gasteiger partial charge in [0.2, 0.25) is 5.91 Å². The first kappa shape index (κ1) is 10.7. The Morgan fingerprint density at radius 2 is 2.50 bits per heavy atom. The molecule has 1 rings (SSSR count). The highest BCUT2D eigenvalue weighted by Crippen LogP contribution is 2.03. The van der Waals surface area contributed by atoms with Crippen molar-refractivity contribution in [2.24, 2.45) is 0 Å². The van der Waals surface area contributed by atoms with E-state index in [1.165, 1.54) is 0 Å². The number of piperazine rings is 1. The minimum atomic E-state index is -0.893. The lowest BCUT2D eigenvalue weighted by Gasteiger charge is -2.31. The average molecular weight is 198 g/mol. The van der Waals surface area contributed by atoms with Crippen molar-refractivity contribution in [3.63, 3.8) is 0 Å². The molecular formula is C9H14N2O3. The van der Waals surface area contributed by atoms with Crippen molar-refractivity contribution in [3.8, 4) is 0 Å². The van der Waals surface area contributed by atoms with Crippen molar-refractivity contribution in [1.82, 2.24) is 10.2 Å². The van der Waals surface area contributed by atoms with Crippen molar-refractivity contribution in [1.29, 1.82) is 0 Å². The molecule has 0 aliphatic carbocycles. The van der Waals surface area contributed by atoms with Crippen LogP contribution in [0, 0.1) is 0 Å². The number of hydrogen-bond donors (Lipinski definition) is 2. The first-order valence-corrected chi connectivity index (χ1v) is 4.46. The number of nitrogens with one attached hydrogen (secondary N) is 1. The molecule has 1 amide bonds. The highest BCUT2D eigenvalue weighted by molar-refractivity contribution is 5.80.